The summed E-state index contributed by atoms with van der Waals surface area (Å²) in [5, 5.41) is 9.29. The van der Waals surface area contributed by atoms with Gasteiger partial charge in [-0.1, -0.05) is 6.07 Å². The highest BCUT2D eigenvalue weighted by Gasteiger charge is 2.19. The molecule has 3 nitrogen and oxygen atoms in total. The summed E-state index contributed by atoms with van der Waals surface area (Å²) < 4.78 is 0. The van der Waals surface area contributed by atoms with Crippen LogP contribution in [0.5, 0.6) is 0 Å². The van der Waals surface area contributed by atoms with Gasteiger partial charge in [-0.3, -0.25) is 0 Å². The first-order valence-electron chi connectivity index (χ1n) is 6.65. The zero-order chi connectivity index (χ0) is 14.5. The van der Waals surface area contributed by atoms with Gasteiger partial charge in [0.2, 0.25) is 0 Å². The smallest absolute Gasteiger partial charge is 0.317 e. The number of hydrogen-bond acceptors (Lipinski definition) is 3. The minimum Gasteiger partial charge on any atom is -0.335 e. The molecular weight excluding hydrogens is 288 g/mol. The van der Waals surface area contributed by atoms with Crippen molar-refractivity contribution in [2.24, 2.45) is 0 Å². The fourth-order valence-electron chi connectivity index (χ4n) is 2.02. The average molecular weight is 308 g/mol. The molecule has 2 aromatic heterocycles. The van der Waals surface area contributed by atoms with Crippen molar-refractivity contribution in [3.05, 3.63) is 44.8 Å². The van der Waals surface area contributed by atoms with Gasteiger partial charge in [0.15, 0.2) is 0 Å². The van der Waals surface area contributed by atoms with Gasteiger partial charge in [0.1, 0.15) is 0 Å². The van der Waals surface area contributed by atoms with E-state index in [0.29, 0.717) is 0 Å². The lowest BCUT2D eigenvalue weighted by Gasteiger charge is -2.26. The van der Waals surface area contributed by atoms with Crippen molar-refractivity contribution in [1.29, 1.82) is 0 Å². The molecule has 2 atom stereocenters. The van der Waals surface area contributed by atoms with Crippen molar-refractivity contribution in [3.8, 4) is 0 Å². The van der Waals surface area contributed by atoms with Crippen LogP contribution in [0.15, 0.2) is 34.3 Å². The fraction of sp³-hybridized carbons (Fsp3) is 0.400. The van der Waals surface area contributed by atoms with Gasteiger partial charge in [0.05, 0.1) is 6.04 Å². The maximum absolute atomic E-state index is 12.2. The molecule has 0 fully saturated rings. The number of urea groups is 1. The Hall–Kier alpha value is -1.33. The third-order valence-corrected chi connectivity index (χ3v) is 5.12. The van der Waals surface area contributed by atoms with E-state index in [1.165, 1.54) is 10.4 Å². The van der Waals surface area contributed by atoms with Crippen LogP contribution in [0.3, 0.4) is 0 Å². The summed E-state index contributed by atoms with van der Waals surface area (Å²) in [5.74, 6) is 0. The van der Waals surface area contributed by atoms with Crippen LogP contribution in [0.25, 0.3) is 0 Å². The number of nitrogens with one attached hydrogen (secondary N) is 1. The topological polar surface area (TPSA) is 32.3 Å². The Labute approximate surface area is 128 Å². The minimum atomic E-state index is -0.0198. The molecule has 2 amide bonds. The van der Waals surface area contributed by atoms with E-state index in [-0.39, 0.29) is 18.1 Å². The molecule has 0 aliphatic carbocycles. The van der Waals surface area contributed by atoms with E-state index >= 15 is 0 Å². The second-order valence-corrected chi connectivity index (χ2v) is 6.75. The van der Waals surface area contributed by atoms with Gasteiger partial charge in [-0.25, -0.2) is 4.79 Å². The van der Waals surface area contributed by atoms with Crippen LogP contribution in [-0.2, 0) is 6.42 Å². The molecule has 0 radical (unpaired) electrons. The molecule has 0 bridgehead atoms. The first kappa shape index (κ1) is 15.1. The fourth-order valence-corrected chi connectivity index (χ4v) is 3.53. The van der Waals surface area contributed by atoms with E-state index in [4.69, 9.17) is 0 Å². The van der Waals surface area contributed by atoms with Crippen molar-refractivity contribution in [2.45, 2.75) is 32.4 Å². The van der Waals surface area contributed by atoms with Crippen LogP contribution in [0, 0.1) is 0 Å². The number of carbonyl (C=O) groups excluding carboxylic acids is 1. The van der Waals surface area contributed by atoms with Gasteiger partial charge >= 0.3 is 6.03 Å². The lowest BCUT2D eigenvalue weighted by Crippen LogP contribution is -2.43. The molecule has 0 saturated carbocycles. The van der Waals surface area contributed by atoms with Crippen LogP contribution < -0.4 is 5.32 Å². The average Bonchev–Trinajstić information content (AvgIpc) is 3.09. The Kier molecular flexibility index (Phi) is 5.20. The lowest BCUT2D eigenvalue weighted by molar-refractivity contribution is 0.192. The Bertz CT molecular complexity index is 522. The summed E-state index contributed by atoms with van der Waals surface area (Å²) in [5.41, 5.74) is 1.27. The predicted octanol–water partition coefficient (Wildman–Crippen LogP) is 4.14. The van der Waals surface area contributed by atoms with Crippen molar-refractivity contribution in [1.82, 2.24) is 10.2 Å². The molecule has 0 aromatic carbocycles. The molecule has 0 unspecified atom stereocenters. The standard InChI is InChI=1S/C15H20N2OS2/c1-11(9-13-6-8-19-10-13)16-15(18)17(3)12(2)14-5-4-7-20-14/h4-8,10-12H,9H2,1-3H3,(H,16,18)/t11-,12-/m0/s1. The number of amides is 2. The second-order valence-electron chi connectivity index (χ2n) is 4.99. The van der Waals surface area contributed by atoms with Gasteiger partial charge in [-0.2, -0.15) is 11.3 Å². The predicted molar refractivity (Wildman–Crippen MR) is 86.5 cm³/mol. The van der Waals surface area contributed by atoms with Gasteiger partial charge < -0.3 is 10.2 Å². The first-order chi connectivity index (χ1) is 9.58. The Morgan fingerprint density at radius 3 is 2.75 bits per heavy atom. The quantitative estimate of drug-likeness (QED) is 0.884. The Morgan fingerprint density at radius 2 is 2.15 bits per heavy atom. The maximum atomic E-state index is 12.2. The molecule has 0 aliphatic heterocycles. The molecular formula is C15H20N2OS2. The largest absolute Gasteiger partial charge is 0.335 e. The summed E-state index contributed by atoms with van der Waals surface area (Å²) in [6, 6.07) is 6.40. The summed E-state index contributed by atoms with van der Waals surface area (Å²) >= 11 is 3.37. The summed E-state index contributed by atoms with van der Waals surface area (Å²) in [7, 11) is 1.84. The van der Waals surface area contributed by atoms with E-state index in [0.717, 1.165) is 6.42 Å². The summed E-state index contributed by atoms with van der Waals surface area (Å²) in [6.45, 7) is 4.09. The molecule has 0 spiro atoms. The van der Waals surface area contributed by atoms with Crippen LogP contribution >= 0.6 is 22.7 Å². The van der Waals surface area contributed by atoms with Gasteiger partial charge in [-0.15, -0.1) is 11.3 Å². The molecule has 20 heavy (non-hydrogen) atoms. The molecule has 2 rings (SSSR count). The first-order valence-corrected chi connectivity index (χ1v) is 8.48. The molecule has 1 N–H and O–H groups in total. The summed E-state index contributed by atoms with van der Waals surface area (Å²) in [6.07, 6.45) is 0.871. The van der Waals surface area contributed by atoms with Crippen LogP contribution in [-0.4, -0.2) is 24.0 Å². The lowest BCUT2D eigenvalue weighted by atomic mass is 10.1. The number of nitrogens with zero attached hydrogens (tertiary/aromatic N) is 1. The summed E-state index contributed by atoms with van der Waals surface area (Å²) in [4.78, 5) is 15.2. The number of thiophene rings is 2. The second kappa shape index (κ2) is 6.90. The van der Waals surface area contributed by atoms with E-state index in [1.807, 2.05) is 25.4 Å². The minimum absolute atomic E-state index is 0.0198. The van der Waals surface area contributed by atoms with Crippen LogP contribution in [0.2, 0.25) is 0 Å². The van der Waals surface area contributed by atoms with E-state index < -0.39 is 0 Å². The molecule has 0 saturated heterocycles. The number of carbonyl (C=O) groups is 1. The van der Waals surface area contributed by atoms with Crippen molar-refractivity contribution >= 4 is 28.7 Å². The van der Waals surface area contributed by atoms with Crippen molar-refractivity contribution < 1.29 is 4.79 Å². The van der Waals surface area contributed by atoms with Gasteiger partial charge in [0.25, 0.3) is 0 Å². The zero-order valence-corrected chi connectivity index (χ0v) is 13.6. The van der Waals surface area contributed by atoms with Crippen LogP contribution in [0.1, 0.15) is 30.3 Å². The third kappa shape index (κ3) is 3.84. The van der Waals surface area contributed by atoms with Crippen molar-refractivity contribution in [3.63, 3.8) is 0 Å². The highest BCUT2D eigenvalue weighted by molar-refractivity contribution is 7.10. The Balaban J connectivity index is 1.87. The normalized spacial score (nSPS) is 13.8. The molecule has 108 valence electrons. The maximum Gasteiger partial charge on any atom is 0.317 e. The monoisotopic (exact) mass is 308 g/mol. The molecule has 5 heteroatoms. The van der Waals surface area contributed by atoms with E-state index in [2.05, 4.69) is 35.1 Å². The number of hydrogen-bond donors (Lipinski definition) is 1. The zero-order valence-electron chi connectivity index (χ0n) is 12.0. The molecule has 2 aromatic rings. The molecule has 0 aliphatic rings. The SMILES string of the molecule is C[C@@H](Cc1ccsc1)NC(=O)N(C)[C@@H](C)c1cccs1. The number of rotatable bonds is 5. The highest BCUT2D eigenvalue weighted by atomic mass is 32.1. The Morgan fingerprint density at radius 1 is 1.35 bits per heavy atom. The van der Waals surface area contributed by atoms with Gasteiger partial charge in [-0.05, 0) is 54.1 Å². The van der Waals surface area contributed by atoms with Crippen LogP contribution in [0.4, 0.5) is 4.79 Å². The van der Waals surface area contributed by atoms with E-state index in [1.54, 1.807) is 27.6 Å². The third-order valence-electron chi connectivity index (χ3n) is 3.35. The highest BCUT2D eigenvalue weighted by Crippen LogP contribution is 2.23. The molecule has 2 heterocycles. The van der Waals surface area contributed by atoms with Gasteiger partial charge in [0, 0.05) is 18.0 Å². The van der Waals surface area contributed by atoms with E-state index in [9.17, 15) is 4.79 Å². The van der Waals surface area contributed by atoms with Crippen molar-refractivity contribution in [2.75, 3.05) is 7.05 Å².